The first-order valence-electron chi connectivity index (χ1n) is 13.0. The van der Waals surface area contributed by atoms with Gasteiger partial charge in [0.1, 0.15) is 11.8 Å². The molecule has 1 fully saturated rings. The summed E-state index contributed by atoms with van der Waals surface area (Å²) in [5.74, 6) is -1.12. The summed E-state index contributed by atoms with van der Waals surface area (Å²) in [5, 5.41) is 0. The molecule has 186 valence electrons. The van der Waals surface area contributed by atoms with Crippen molar-refractivity contribution in [2.75, 3.05) is 13.2 Å². The van der Waals surface area contributed by atoms with E-state index in [1.165, 1.54) is 70.6 Å². The summed E-state index contributed by atoms with van der Waals surface area (Å²) < 4.78 is 17.1. The molecule has 1 aliphatic heterocycles. The first-order valence-corrected chi connectivity index (χ1v) is 13.0. The zero-order valence-electron chi connectivity index (χ0n) is 20.8. The Kier molecular flexibility index (Phi) is 13.9. The SMILES string of the molecule is CCCCCCCC/C=C\CCCCCCCC(=O)OC1COC(C)(c2cnccn2)OC1. The van der Waals surface area contributed by atoms with E-state index in [2.05, 4.69) is 29.0 Å². The maximum atomic E-state index is 12.1. The van der Waals surface area contributed by atoms with Crippen molar-refractivity contribution in [3.63, 3.8) is 0 Å². The number of esters is 1. The lowest BCUT2D eigenvalue weighted by Gasteiger charge is -2.36. The lowest BCUT2D eigenvalue weighted by Crippen LogP contribution is -2.44. The predicted molar refractivity (Wildman–Crippen MR) is 131 cm³/mol. The first-order chi connectivity index (χ1) is 16.1. The van der Waals surface area contributed by atoms with Gasteiger partial charge in [0, 0.05) is 18.8 Å². The number of rotatable bonds is 17. The molecule has 1 aliphatic rings. The molecule has 0 aromatic carbocycles. The molecule has 0 unspecified atom stereocenters. The van der Waals surface area contributed by atoms with E-state index in [0.29, 0.717) is 25.3 Å². The maximum absolute atomic E-state index is 12.1. The highest BCUT2D eigenvalue weighted by molar-refractivity contribution is 5.69. The summed E-state index contributed by atoms with van der Waals surface area (Å²) in [5.41, 5.74) is 0.614. The number of hydrogen-bond acceptors (Lipinski definition) is 6. The molecule has 1 saturated heterocycles. The summed E-state index contributed by atoms with van der Waals surface area (Å²) in [7, 11) is 0. The molecule has 0 saturated carbocycles. The quantitative estimate of drug-likeness (QED) is 0.147. The average Bonchev–Trinajstić information content (AvgIpc) is 2.84. The van der Waals surface area contributed by atoms with Crippen molar-refractivity contribution in [3.05, 3.63) is 36.4 Å². The van der Waals surface area contributed by atoms with Crippen LogP contribution in [-0.4, -0.2) is 35.3 Å². The van der Waals surface area contributed by atoms with E-state index in [9.17, 15) is 4.79 Å². The Hall–Kier alpha value is -1.79. The van der Waals surface area contributed by atoms with Crippen LogP contribution in [0.25, 0.3) is 0 Å². The molecular formula is C27H44N2O4. The molecule has 0 atom stereocenters. The summed E-state index contributed by atoms with van der Waals surface area (Å²) in [6.45, 7) is 4.66. The zero-order chi connectivity index (χ0) is 23.6. The van der Waals surface area contributed by atoms with Crippen LogP contribution < -0.4 is 0 Å². The monoisotopic (exact) mass is 460 g/mol. The number of allylic oxidation sites excluding steroid dienone is 2. The highest BCUT2D eigenvalue weighted by Gasteiger charge is 2.37. The van der Waals surface area contributed by atoms with Crippen molar-refractivity contribution < 1.29 is 19.0 Å². The summed E-state index contributed by atoms with van der Waals surface area (Å²) >= 11 is 0. The van der Waals surface area contributed by atoms with Crippen molar-refractivity contribution in [2.24, 2.45) is 0 Å². The Morgan fingerprint density at radius 2 is 1.58 bits per heavy atom. The molecule has 1 aromatic heterocycles. The van der Waals surface area contributed by atoms with Crippen LogP contribution in [0.3, 0.4) is 0 Å². The molecule has 0 N–H and O–H groups in total. The van der Waals surface area contributed by atoms with E-state index in [1.807, 2.05) is 0 Å². The Morgan fingerprint density at radius 3 is 2.18 bits per heavy atom. The van der Waals surface area contributed by atoms with Crippen LogP contribution in [0, 0.1) is 0 Å². The second kappa shape index (κ2) is 16.8. The fourth-order valence-corrected chi connectivity index (χ4v) is 3.93. The molecule has 2 rings (SSSR count). The third-order valence-corrected chi connectivity index (χ3v) is 6.06. The molecular weight excluding hydrogens is 416 g/mol. The number of unbranched alkanes of at least 4 members (excludes halogenated alkanes) is 11. The maximum Gasteiger partial charge on any atom is 0.306 e. The Bertz CT molecular complexity index is 657. The second-order valence-electron chi connectivity index (χ2n) is 9.10. The number of nitrogens with zero attached hydrogens (tertiary/aromatic N) is 2. The van der Waals surface area contributed by atoms with Gasteiger partial charge >= 0.3 is 5.97 Å². The van der Waals surface area contributed by atoms with Crippen LogP contribution in [0.15, 0.2) is 30.7 Å². The predicted octanol–water partition coefficient (Wildman–Crippen LogP) is 6.65. The summed E-state index contributed by atoms with van der Waals surface area (Å²) in [4.78, 5) is 20.4. The van der Waals surface area contributed by atoms with Crippen LogP contribution in [0.5, 0.6) is 0 Å². The molecule has 0 spiro atoms. The van der Waals surface area contributed by atoms with Crippen molar-refractivity contribution in [3.8, 4) is 0 Å². The van der Waals surface area contributed by atoms with Gasteiger partial charge in [-0.1, -0.05) is 70.4 Å². The minimum Gasteiger partial charge on any atom is -0.457 e. The molecule has 0 radical (unpaired) electrons. The van der Waals surface area contributed by atoms with Crippen LogP contribution in [0.2, 0.25) is 0 Å². The van der Waals surface area contributed by atoms with E-state index in [0.717, 1.165) is 12.8 Å². The minimum atomic E-state index is -0.944. The van der Waals surface area contributed by atoms with E-state index in [1.54, 1.807) is 25.5 Å². The number of aromatic nitrogens is 2. The van der Waals surface area contributed by atoms with Gasteiger partial charge < -0.3 is 14.2 Å². The van der Waals surface area contributed by atoms with E-state index in [4.69, 9.17) is 14.2 Å². The van der Waals surface area contributed by atoms with Gasteiger partial charge in [-0.05, 0) is 39.0 Å². The molecule has 6 nitrogen and oxygen atoms in total. The van der Waals surface area contributed by atoms with Gasteiger partial charge in [-0.25, -0.2) is 0 Å². The van der Waals surface area contributed by atoms with Gasteiger partial charge in [0.15, 0.2) is 0 Å². The molecule has 1 aromatic rings. The third kappa shape index (κ3) is 11.8. The number of carbonyl (C=O) groups is 1. The fourth-order valence-electron chi connectivity index (χ4n) is 3.93. The number of ether oxygens (including phenoxy) is 3. The topological polar surface area (TPSA) is 70.5 Å². The Balaban J connectivity index is 1.41. The van der Waals surface area contributed by atoms with E-state index >= 15 is 0 Å². The van der Waals surface area contributed by atoms with E-state index < -0.39 is 5.79 Å². The first kappa shape index (κ1) is 27.5. The highest BCUT2D eigenvalue weighted by Crippen LogP contribution is 2.29. The van der Waals surface area contributed by atoms with Crippen molar-refractivity contribution in [2.45, 2.75) is 116 Å². The minimum absolute atomic E-state index is 0.173. The average molecular weight is 461 g/mol. The van der Waals surface area contributed by atoms with Gasteiger partial charge in [-0.3, -0.25) is 14.8 Å². The number of hydrogen-bond donors (Lipinski definition) is 0. The molecule has 33 heavy (non-hydrogen) atoms. The van der Waals surface area contributed by atoms with E-state index in [-0.39, 0.29) is 12.1 Å². The number of carbonyl (C=O) groups excluding carboxylic acids is 1. The molecule has 0 bridgehead atoms. The Labute approximate surface area is 200 Å². The van der Waals surface area contributed by atoms with Crippen LogP contribution in [0.4, 0.5) is 0 Å². The molecule has 0 amide bonds. The lowest BCUT2D eigenvalue weighted by molar-refractivity contribution is -0.295. The largest absolute Gasteiger partial charge is 0.457 e. The Morgan fingerprint density at radius 1 is 0.970 bits per heavy atom. The van der Waals surface area contributed by atoms with Gasteiger partial charge in [0.2, 0.25) is 5.79 Å². The van der Waals surface area contributed by atoms with Gasteiger partial charge in [0.25, 0.3) is 0 Å². The van der Waals surface area contributed by atoms with Gasteiger partial charge in [0.05, 0.1) is 19.4 Å². The molecule has 0 aliphatic carbocycles. The van der Waals surface area contributed by atoms with Crippen LogP contribution >= 0.6 is 0 Å². The van der Waals surface area contributed by atoms with Crippen LogP contribution in [0.1, 0.15) is 109 Å². The van der Waals surface area contributed by atoms with Crippen molar-refractivity contribution >= 4 is 5.97 Å². The lowest BCUT2D eigenvalue weighted by atomic mass is 10.1. The smallest absolute Gasteiger partial charge is 0.306 e. The zero-order valence-corrected chi connectivity index (χ0v) is 20.8. The highest BCUT2D eigenvalue weighted by atomic mass is 16.7. The summed E-state index contributed by atoms with van der Waals surface area (Å²) in [6, 6.07) is 0. The molecule has 2 heterocycles. The van der Waals surface area contributed by atoms with Crippen molar-refractivity contribution in [1.29, 1.82) is 0 Å². The second-order valence-corrected chi connectivity index (χ2v) is 9.10. The fraction of sp³-hybridized carbons (Fsp3) is 0.741. The summed E-state index contributed by atoms with van der Waals surface area (Å²) in [6.07, 6.45) is 25.8. The third-order valence-electron chi connectivity index (χ3n) is 6.06. The van der Waals surface area contributed by atoms with Crippen LogP contribution in [-0.2, 0) is 24.8 Å². The van der Waals surface area contributed by atoms with Gasteiger partial charge in [-0.15, -0.1) is 0 Å². The van der Waals surface area contributed by atoms with Crippen molar-refractivity contribution in [1.82, 2.24) is 9.97 Å². The standard InChI is InChI=1S/C27H44N2O4/c1-3-4-5-6-7-8-9-10-11-12-13-14-15-16-17-18-26(30)33-24-22-31-27(2,32-23-24)25-21-28-19-20-29-25/h10-11,19-21,24H,3-9,12-18,22-23H2,1-2H3/b11-10-. The normalized spacial score (nSPS) is 20.8. The van der Waals surface area contributed by atoms with Gasteiger partial charge in [-0.2, -0.15) is 0 Å². The molecule has 6 heteroatoms.